The normalized spacial score (nSPS) is 20.5. The van der Waals surface area contributed by atoms with Gasteiger partial charge < -0.3 is 25.2 Å². The van der Waals surface area contributed by atoms with Crippen LogP contribution in [0.4, 0.5) is 11.4 Å². The van der Waals surface area contributed by atoms with Crippen LogP contribution in [0.25, 0.3) is 0 Å². The Balaban J connectivity index is 1.41. The van der Waals surface area contributed by atoms with Crippen LogP contribution >= 0.6 is 11.6 Å². The number of rotatable bonds is 7. The zero-order valence-corrected chi connectivity index (χ0v) is 26.7. The number of phenols is 1. The number of phenolic OH excluding ortho intramolecular Hbond substituents is 1. The summed E-state index contributed by atoms with van der Waals surface area (Å²) < 4.78 is 6.01. The van der Waals surface area contributed by atoms with Crippen LogP contribution in [0.3, 0.4) is 0 Å². The van der Waals surface area contributed by atoms with E-state index in [1.165, 1.54) is 11.0 Å². The molecule has 6 rings (SSSR count). The van der Waals surface area contributed by atoms with E-state index in [2.05, 4.69) is 5.32 Å². The molecule has 240 valence electrons. The largest absolute Gasteiger partial charge is 0.506 e. The maximum Gasteiger partial charge on any atom is 0.228 e. The molecule has 2 heterocycles. The molecule has 10 heteroatoms. The van der Waals surface area contributed by atoms with Gasteiger partial charge in [-0.15, -0.1) is 0 Å². The van der Waals surface area contributed by atoms with E-state index in [4.69, 9.17) is 16.3 Å². The summed E-state index contributed by atoms with van der Waals surface area (Å²) in [5.41, 5.74) is 2.86. The van der Waals surface area contributed by atoms with Crippen molar-refractivity contribution in [2.45, 2.75) is 64.7 Å². The molecular formula is C36H38ClN3O6. The monoisotopic (exact) mass is 643 g/mol. The maximum absolute atomic E-state index is 14.3. The molecular weight excluding hydrogens is 606 g/mol. The number of β-amino-alcohol motifs (C(OH)–C–C–N with tert-alkyl or cyclic N) is 1. The van der Waals surface area contributed by atoms with Gasteiger partial charge in [-0.05, 0) is 53.6 Å². The van der Waals surface area contributed by atoms with Crippen molar-refractivity contribution >= 4 is 40.6 Å². The molecule has 1 fully saturated rings. The van der Waals surface area contributed by atoms with E-state index in [-0.39, 0.29) is 48.7 Å². The summed E-state index contributed by atoms with van der Waals surface area (Å²) in [6.45, 7) is 5.05. The minimum Gasteiger partial charge on any atom is -0.506 e. The molecule has 2 atom stereocenters. The van der Waals surface area contributed by atoms with Gasteiger partial charge in [0.15, 0.2) is 5.78 Å². The van der Waals surface area contributed by atoms with Crippen LogP contribution in [-0.2, 0) is 21.0 Å². The van der Waals surface area contributed by atoms with Crippen molar-refractivity contribution in [1.29, 1.82) is 0 Å². The molecule has 0 spiro atoms. The van der Waals surface area contributed by atoms with Gasteiger partial charge in [-0.3, -0.25) is 19.3 Å². The lowest BCUT2D eigenvalue weighted by atomic mass is 9.73. The number of allylic oxidation sites excluding steroid dienone is 1. The number of para-hydroxylation sites is 1. The number of carbonyl (C=O) groups is 3. The minimum absolute atomic E-state index is 0.0662. The molecule has 0 saturated carbocycles. The van der Waals surface area contributed by atoms with E-state index in [9.17, 15) is 24.6 Å². The van der Waals surface area contributed by atoms with Crippen LogP contribution < -0.4 is 15.0 Å². The van der Waals surface area contributed by atoms with E-state index in [1.54, 1.807) is 35.2 Å². The number of anilines is 2. The van der Waals surface area contributed by atoms with Gasteiger partial charge in [0.1, 0.15) is 23.8 Å². The zero-order valence-electron chi connectivity index (χ0n) is 26.0. The summed E-state index contributed by atoms with van der Waals surface area (Å²) in [5, 5.41) is 24.6. The highest BCUT2D eigenvalue weighted by molar-refractivity contribution is 6.31. The number of hydrogen-bond donors (Lipinski definition) is 3. The fraction of sp³-hybridized carbons (Fsp3) is 0.361. The van der Waals surface area contributed by atoms with Gasteiger partial charge in [-0.1, -0.05) is 67.9 Å². The highest BCUT2D eigenvalue weighted by atomic mass is 35.5. The number of benzene rings is 3. The molecule has 0 radical (unpaired) electrons. The number of Topliss-reactive ketones (excluding diaryl/α,β-unsaturated/α-hetero) is 1. The molecule has 2 aliphatic heterocycles. The van der Waals surface area contributed by atoms with Crippen molar-refractivity contribution in [2.24, 2.45) is 5.41 Å². The van der Waals surface area contributed by atoms with Gasteiger partial charge >= 0.3 is 0 Å². The summed E-state index contributed by atoms with van der Waals surface area (Å²) in [7, 11) is 0. The number of amides is 2. The summed E-state index contributed by atoms with van der Waals surface area (Å²) in [5.74, 6) is -0.297. The number of aliphatic hydroxyl groups is 1. The lowest BCUT2D eigenvalue weighted by molar-refractivity contribution is -0.132. The van der Waals surface area contributed by atoms with Crippen LogP contribution in [0.1, 0.15) is 63.1 Å². The Labute approximate surface area is 273 Å². The Bertz CT molecular complexity index is 1700. The van der Waals surface area contributed by atoms with Crippen LogP contribution in [0.15, 0.2) is 78.0 Å². The van der Waals surface area contributed by atoms with Gasteiger partial charge in [0.25, 0.3) is 0 Å². The first-order valence-corrected chi connectivity index (χ1v) is 16.0. The number of carbonyl (C=O) groups excluding carboxylic acids is 3. The smallest absolute Gasteiger partial charge is 0.228 e. The van der Waals surface area contributed by atoms with Gasteiger partial charge in [-0.2, -0.15) is 0 Å². The number of nitrogens with one attached hydrogen (secondary N) is 1. The van der Waals surface area contributed by atoms with Crippen LogP contribution in [0.5, 0.6) is 11.5 Å². The summed E-state index contributed by atoms with van der Waals surface area (Å²) in [6.07, 6.45) is 0.500. The highest BCUT2D eigenvalue weighted by Crippen LogP contribution is 2.51. The number of ketones is 1. The number of nitrogens with zero attached hydrogens (tertiary/aromatic N) is 2. The van der Waals surface area contributed by atoms with Crippen LogP contribution in [0.2, 0.25) is 5.02 Å². The van der Waals surface area contributed by atoms with Crippen molar-refractivity contribution in [3.8, 4) is 11.5 Å². The fourth-order valence-electron chi connectivity index (χ4n) is 6.63. The Morgan fingerprint density at radius 2 is 1.78 bits per heavy atom. The average Bonchev–Trinajstić information content (AvgIpc) is 3.39. The van der Waals surface area contributed by atoms with Crippen molar-refractivity contribution < 1.29 is 29.3 Å². The fourth-order valence-corrected chi connectivity index (χ4v) is 6.91. The minimum atomic E-state index is -0.930. The lowest BCUT2D eigenvalue weighted by Gasteiger charge is -2.37. The molecule has 1 saturated heterocycles. The molecule has 0 bridgehead atoms. The van der Waals surface area contributed by atoms with Crippen molar-refractivity contribution in [3.63, 3.8) is 0 Å². The molecule has 3 aromatic carbocycles. The first-order valence-electron chi connectivity index (χ1n) is 15.6. The van der Waals surface area contributed by atoms with E-state index in [1.807, 2.05) is 44.2 Å². The molecule has 9 nitrogen and oxygen atoms in total. The van der Waals surface area contributed by atoms with Crippen molar-refractivity contribution in [2.75, 3.05) is 23.3 Å². The summed E-state index contributed by atoms with van der Waals surface area (Å²) in [4.78, 5) is 44.4. The average molecular weight is 644 g/mol. The summed E-state index contributed by atoms with van der Waals surface area (Å²) >= 11 is 6.98. The topological polar surface area (TPSA) is 119 Å². The van der Waals surface area contributed by atoms with Crippen molar-refractivity contribution in [1.82, 2.24) is 4.90 Å². The number of fused-ring (bicyclic) bond motifs is 1. The SMILES string of the molecule is CC1(C)CC(=O)C2=C(C1)Nc1c(O)cccc1N(C(=O)CCC(=O)N1CC[C@@H](O)C1)C2c1ccc(OCc2ccccc2)cc1Cl. The molecule has 3 aromatic rings. The summed E-state index contributed by atoms with van der Waals surface area (Å²) in [6, 6.07) is 18.9. The molecule has 1 unspecified atom stereocenters. The van der Waals surface area contributed by atoms with Crippen molar-refractivity contribution in [3.05, 3.63) is 94.1 Å². The third kappa shape index (κ3) is 6.48. The third-order valence-corrected chi connectivity index (χ3v) is 9.19. The predicted octanol–water partition coefficient (Wildman–Crippen LogP) is 6.14. The maximum atomic E-state index is 14.3. The van der Waals surface area contributed by atoms with Gasteiger partial charge in [0, 0.05) is 48.6 Å². The van der Waals surface area contributed by atoms with E-state index >= 15 is 0 Å². The second-order valence-electron chi connectivity index (χ2n) is 13.0. The Hall–Kier alpha value is -4.34. The van der Waals surface area contributed by atoms with Gasteiger partial charge in [0.2, 0.25) is 11.8 Å². The Kier molecular flexibility index (Phi) is 8.81. The van der Waals surface area contributed by atoms with Gasteiger partial charge in [-0.25, -0.2) is 0 Å². The molecule has 0 aromatic heterocycles. The Morgan fingerprint density at radius 3 is 2.50 bits per heavy atom. The zero-order chi connectivity index (χ0) is 32.6. The van der Waals surface area contributed by atoms with Crippen LogP contribution in [-0.4, -0.2) is 51.9 Å². The Morgan fingerprint density at radius 1 is 1.02 bits per heavy atom. The van der Waals surface area contributed by atoms with E-state index < -0.39 is 18.1 Å². The quantitative estimate of drug-likeness (QED) is 0.265. The van der Waals surface area contributed by atoms with E-state index in [0.29, 0.717) is 65.0 Å². The number of halogens is 1. The lowest BCUT2D eigenvalue weighted by Crippen LogP contribution is -2.40. The standard InChI is InChI=1S/C36H38ClN3O6/c1-36(2)18-27-33(30(43)19-36)35(25-12-11-24(17-26(25)37)46-21-22-7-4-3-5-8-22)40(28-9-6-10-29(42)34(28)38-27)32(45)14-13-31(44)39-16-15-23(41)20-39/h3-12,17,23,35,38,41-42H,13-16,18-21H2,1-2H3/t23-,35?/m1/s1. The highest BCUT2D eigenvalue weighted by Gasteiger charge is 2.44. The van der Waals surface area contributed by atoms with Crippen LogP contribution in [0, 0.1) is 5.41 Å². The molecule has 1 aliphatic carbocycles. The molecule has 46 heavy (non-hydrogen) atoms. The molecule has 3 N–H and O–H groups in total. The molecule has 2 amide bonds. The number of likely N-dealkylation sites (tertiary alicyclic amines) is 1. The number of ether oxygens (including phenoxy) is 1. The number of aromatic hydroxyl groups is 1. The van der Waals surface area contributed by atoms with Gasteiger partial charge in [0.05, 0.1) is 17.8 Å². The molecule has 3 aliphatic rings. The second kappa shape index (κ2) is 12.8. The number of aliphatic hydroxyl groups excluding tert-OH is 1. The predicted molar refractivity (Wildman–Crippen MR) is 176 cm³/mol. The third-order valence-electron chi connectivity index (χ3n) is 8.86. The number of hydrogen-bond acceptors (Lipinski definition) is 7. The first-order chi connectivity index (χ1) is 22.0. The van der Waals surface area contributed by atoms with E-state index in [0.717, 1.165) is 5.56 Å². The second-order valence-corrected chi connectivity index (χ2v) is 13.4. The first kappa shape index (κ1) is 31.6.